The molecule has 0 saturated carbocycles. The van der Waals surface area contributed by atoms with Crippen molar-refractivity contribution in [2.24, 2.45) is 0 Å². The van der Waals surface area contributed by atoms with Crippen LogP contribution in [0.5, 0.6) is 0 Å². The van der Waals surface area contributed by atoms with Gasteiger partial charge in [-0.1, -0.05) is 22.0 Å². The van der Waals surface area contributed by atoms with Crippen LogP contribution in [-0.2, 0) is 6.54 Å². The van der Waals surface area contributed by atoms with Crippen molar-refractivity contribution < 1.29 is 4.79 Å². The van der Waals surface area contributed by atoms with Gasteiger partial charge in [-0.25, -0.2) is 0 Å². The quantitative estimate of drug-likeness (QED) is 0.946. The number of hydrogen-bond donors (Lipinski definition) is 1. The molecule has 0 aliphatic carbocycles. The molecule has 18 heavy (non-hydrogen) atoms. The van der Waals surface area contributed by atoms with Gasteiger partial charge in [-0.15, -0.1) is 0 Å². The van der Waals surface area contributed by atoms with Crippen LogP contribution < -0.4 is 5.32 Å². The minimum atomic E-state index is -0.133. The standard InChI is InChI=1S/C13H14BrN3O/c1-3-17-8-11(7-15-17)16-13(18)10-5-4-9(2)12(14)6-10/h4-8H,3H2,1-2H3,(H,16,18). The second-order valence-corrected chi connectivity index (χ2v) is 4.86. The van der Waals surface area contributed by atoms with E-state index in [2.05, 4.69) is 26.3 Å². The predicted molar refractivity (Wildman–Crippen MR) is 74.7 cm³/mol. The molecule has 0 radical (unpaired) electrons. The van der Waals surface area contributed by atoms with E-state index in [1.807, 2.05) is 26.0 Å². The molecule has 0 fully saturated rings. The summed E-state index contributed by atoms with van der Waals surface area (Å²) in [6, 6.07) is 5.53. The number of halogens is 1. The fourth-order valence-electron chi connectivity index (χ4n) is 1.54. The summed E-state index contributed by atoms with van der Waals surface area (Å²) in [7, 11) is 0. The first kappa shape index (κ1) is 12.8. The average Bonchev–Trinajstić information content (AvgIpc) is 2.80. The fraction of sp³-hybridized carbons (Fsp3) is 0.231. The number of aryl methyl sites for hydroxylation is 2. The third-order valence-corrected chi connectivity index (χ3v) is 3.50. The predicted octanol–water partition coefficient (Wildman–Crippen LogP) is 3.23. The lowest BCUT2D eigenvalue weighted by Gasteiger charge is -2.04. The Hall–Kier alpha value is -1.62. The summed E-state index contributed by atoms with van der Waals surface area (Å²) in [5.41, 5.74) is 2.43. The molecule has 4 nitrogen and oxygen atoms in total. The van der Waals surface area contributed by atoms with Gasteiger partial charge in [0.25, 0.3) is 5.91 Å². The lowest BCUT2D eigenvalue weighted by Crippen LogP contribution is -2.11. The fourth-order valence-corrected chi connectivity index (χ4v) is 1.92. The third kappa shape index (κ3) is 2.79. The van der Waals surface area contributed by atoms with Crippen molar-refractivity contribution in [2.45, 2.75) is 20.4 Å². The molecule has 5 heteroatoms. The summed E-state index contributed by atoms with van der Waals surface area (Å²) < 4.78 is 2.69. The SMILES string of the molecule is CCn1cc(NC(=O)c2ccc(C)c(Br)c2)cn1. The molecule has 1 N–H and O–H groups in total. The number of rotatable bonds is 3. The van der Waals surface area contributed by atoms with Gasteiger partial charge in [0.1, 0.15) is 0 Å². The van der Waals surface area contributed by atoms with Gasteiger partial charge in [0.15, 0.2) is 0 Å². The molecule has 0 aliphatic rings. The van der Waals surface area contributed by atoms with Crippen molar-refractivity contribution in [3.8, 4) is 0 Å². The molecule has 0 spiro atoms. The van der Waals surface area contributed by atoms with Crippen LogP contribution in [0.1, 0.15) is 22.8 Å². The maximum absolute atomic E-state index is 12.0. The smallest absolute Gasteiger partial charge is 0.255 e. The molecule has 1 aromatic heterocycles. The summed E-state index contributed by atoms with van der Waals surface area (Å²) in [5, 5.41) is 6.92. The molecule has 2 rings (SSSR count). The maximum atomic E-state index is 12.0. The molecule has 0 aliphatic heterocycles. The highest BCUT2D eigenvalue weighted by Crippen LogP contribution is 2.18. The van der Waals surface area contributed by atoms with E-state index in [4.69, 9.17) is 0 Å². The summed E-state index contributed by atoms with van der Waals surface area (Å²) in [6.45, 7) is 4.76. The Kier molecular flexibility index (Phi) is 3.81. The van der Waals surface area contributed by atoms with E-state index < -0.39 is 0 Å². The van der Waals surface area contributed by atoms with Crippen LogP contribution in [-0.4, -0.2) is 15.7 Å². The number of benzene rings is 1. The molecular formula is C13H14BrN3O. The molecule has 1 aromatic carbocycles. The lowest BCUT2D eigenvalue weighted by molar-refractivity contribution is 0.102. The van der Waals surface area contributed by atoms with Crippen molar-refractivity contribution in [3.05, 3.63) is 46.2 Å². The molecule has 0 bridgehead atoms. The van der Waals surface area contributed by atoms with E-state index in [9.17, 15) is 4.79 Å². The van der Waals surface area contributed by atoms with Gasteiger partial charge in [-0.2, -0.15) is 5.10 Å². The summed E-state index contributed by atoms with van der Waals surface area (Å²) >= 11 is 3.42. The van der Waals surface area contributed by atoms with Gasteiger partial charge in [0, 0.05) is 22.8 Å². The van der Waals surface area contributed by atoms with E-state index in [0.717, 1.165) is 16.6 Å². The van der Waals surface area contributed by atoms with E-state index in [0.29, 0.717) is 11.3 Å². The number of carbonyl (C=O) groups excluding carboxylic acids is 1. The largest absolute Gasteiger partial charge is 0.319 e. The van der Waals surface area contributed by atoms with Crippen molar-refractivity contribution in [2.75, 3.05) is 5.32 Å². The van der Waals surface area contributed by atoms with E-state index in [1.165, 1.54) is 0 Å². The van der Waals surface area contributed by atoms with E-state index in [-0.39, 0.29) is 5.91 Å². The second kappa shape index (κ2) is 5.35. The zero-order chi connectivity index (χ0) is 13.1. The molecule has 0 atom stereocenters. The van der Waals surface area contributed by atoms with Gasteiger partial charge in [0.2, 0.25) is 0 Å². The number of nitrogens with one attached hydrogen (secondary N) is 1. The second-order valence-electron chi connectivity index (χ2n) is 4.00. The Labute approximate surface area is 114 Å². The van der Waals surface area contributed by atoms with Crippen LogP contribution in [0.2, 0.25) is 0 Å². The summed E-state index contributed by atoms with van der Waals surface area (Å²) in [6.07, 6.45) is 3.45. The molecule has 1 amide bonds. The highest BCUT2D eigenvalue weighted by molar-refractivity contribution is 9.10. The average molecular weight is 308 g/mol. The Bertz CT molecular complexity index is 577. The molecule has 94 valence electrons. The molecule has 0 unspecified atom stereocenters. The Balaban J connectivity index is 2.14. The van der Waals surface area contributed by atoms with E-state index in [1.54, 1.807) is 23.1 Å². The molecule has 2 aromatic rings. The van der Waals surface area contributed by atoms with Gasteiger partial charge in [0.05, 0.1) is 11.9 Å². The highest BCUT2D eigenvalue weighted by Gasteiger charge is 2.08. The molecule has 0 saturated heterocycles. The summed E-state index contributed by atoms with van der Waals surface area (Å²) in [5.74, 6) is -0.133. The van der Waals surface area contributed by atoms with Crippen LogP contribution in [0, 0.1) is 6.92 Å². The number of hydrogen-bond acceptors (Lipinski definition) is 2. The number of aromatic nitrogens is 2. The van der Waals surface area contributed by atoms with Crippen molar-refractivity contribution in [1.82, 2.24) is 9.78 Å². The first-order valence-electron chi connectivity index (χ1n) is 5.70. The Morgan fingerprint density at radius 1 is 1.50 bits per heavy atom. The zero-order valence-electron chi connectivity index (χ0n) is 10.3. The van der Waals surface area contributed by atoms with Gasteiger partial charge >= 0.3 is 0 Å². The highest BCUT2D eigenvalue weighted by atomic mass is 79.9. The number of nitrogens with zero attached hydrogens (tertiary/aromatic N) is 2. The molecule has 1 heterocycles. The zero-order valence-corrected chi connectivity index (χ0v) is 11.9. The van der Waals surface area contributed by atoms with Crippen LogP contribution in [0.3, 0.4) is 0 Å². The Morgan fingerprint density at radius 2 is 2.28 bits per heavy atom. The van der Waals surface area contributed by atoms with Crippen LogP contribution in [0.15, 0.2) is 35.1 Å². The van der Waals surface area contributed by atoms with Crippen molar-refractivity contribution in [3.63, 3.8) is 0 Å². The van der Waals surface area contributed by atoms with Crippen LogP contribution in [0.4, 0.5) is 5.69 Å². The monoisotopic (exact) mass is 307 g/mol. The van der Waals surface area contributed by atoms with Crippen molar-refractivity contribution >= 4 is 27.5 Å². The lowest BCUT2D eigenvalue weighted by atomic mass is 10.1. The Morgan fingerprint density at radius 3 is 2.89 bits per heavy atom. The number of amides is 1. The minimum Gasteiger partial charge on any atom is -0.319 e. The topological polar surface area (TPSA) is 46.9 Å². The number of anilines is 1. The molecular weight excluding hydrogens is 294 g/mol. The first-order chi connectivity index (χ1) is 8.60. The normalized spacial score (nSPS) is 10.4. The van der Waals surface area contributed by atoms with Gasteiger partial charge in [-0.3, -0.25) is 9.48 Å². The summed E-state index contributed by atoms with van der Waals surface area (Å²) in [4.78, 5) is 12.0. The van der Waals surface area contributed by atoms with Gasteiger partial charge in [-0.05, 0) is 31.5 Å². The maximum Gasteiger partial charge on any atom is 0.255 e. The third-order valence-electron chi connectivity index (χ3n) is 2.65. The number of carbonyl (C=O) groups is 1. The van der Waals surface area contributed by atoms with Crippen LogP contribution >= 0.6 is 15.9 Å². The van der Waals surface area contributed by atoms with Crippen LogP contribution in [0.25, 0.3) is 0 Å². The minimum absolute atomic E-state index is 0.133. The van der Waals surface area contributed by atoms with Gasteiger partial charge < -0.3 is 5.32 Å². The van der Waals surface area contributed by atoms with Crippen molar-refractivity contribution in [1.29, 1.82) is 0 Å². The van der Waals surface area contributed by atoms with E-state index >= 15 is 0 Å². The first-order valence-corrected chi connectivity index (χ1v) is 6.49.